The minimum Gasteiger partial charge on any atom is -0.383 e. The second-order valence-electron chi connectivity index (χ2n) is 4.16. The van der Waals surface area contributed by atoms with Crippen molar-refractivity contribution < 1.29 is 9.13 Å². The van der Waals surface area contributed by atoms with Gasteiger partial charge in [0.1, 0.15) is 12.1 Å². The number of methoxy groups -OCH3 is 1. The van der Waals surface area contributed by atoms with Gasteiger partial charge in [0.05, 0.1) is 19.7 Å². The molecule has 0 bridgehead atoms. The lowest BCUT2D eigenvalue weighted by Crippen LogP contribution is -2.19. The Labute approximate surface area is 111 Å². The van der Waals surface area contributed by atoms with Crippen LogP contribution in [0.4, 0.5) is 4.39 Å². The molecule has 6 heteroatoms. The minimum absolute atomic E-state index is 0.237. The molecule has 0 aliphatic heterocycles. The zero-order valence-corrected chi connectivity index (χ0v) is 10.8. The Morgan fingerprint density at radius 3 is 3.11 bits per heavy atom. The van der Waals surface area contributed by atoms with Crippen molar-refractivity contribution in [2.45, 2.75) is 13.1 Å². The van der Waals surface area contributed by atoms with E-state index in [1.807, 2.05) is 6.07 Å². The van der Waals surface area contributed by atoms with Crippen LogP contribution in [0.3, 0.4) is 0 Å². The Bertz CT molecular complexity index is 515. The Kier molecular flexibility index (Phi) is 5.00. The maximum atomic E-state index is 13.0. The summed E-state index contributed by atoms with van der Waals surface area (Å²) in [4.78, 5) is 4.19. The highest BCUT2D eigenvalue weighted by Crippen LogP contribution is 2.05. The number of nitrogens with one attached hydrogen (secondary N) is 1. The Balaban J connectivity index is 1.87. The van der Waals surface area contributed by atoms with E-state index in [0.717, 1.165) is 12.1 Å². The van der Waals surface area contributed by atoms with E-state index in [-0.39, 0.29) is 5.82 Å². The lowest BCUT2D eigenvalue weighted by Gasteiger charge is -2.01. The topological polar surface area (TPSA) is 52.0 Å². The molecular weight excluding hydrogens is 247 g/mol. The van der Waals surface area contributed by atoms with E-state index in [2.05, 4.69) is 15.4 Å². The van der Waals surface area contributed by atoms with Crippen molar-refractivity contribution in [1.82, 2.24) is 20.1 Å². The minimum atomic E-state index is -0.237. The van der Waals surface area contributed by atoms with Crippen LogP contribution in [0.1, 0.15) is 11.4 Å². The monoisotopic (exact) mass is 264 g/mol. The Morgan fingerprint density at radius 1 is 1.42 bits per heavy atom. The summed E-state index contributed by atoms with van der Waals surface area (Å²) < 4.78 is 19.7. The van der Waals surface area contributed by atoms with Crippen LogP contribution in [0.2, 0.25) is 0 Å². The fraction of sp³-hybridized carbons (Fsp3) is 0.385. The molecule has 1 aromatic heterocycles. The van der Waals surface area contributed by atoms with Gasteiger partial charge in [-0.05, 0) is 17.7 Å². The number of benzene rings is 1. The van der Waals surface area contributed by atoms with Crippen LogP contribution in [0.15, 0.2) is 30.6 Å². The summed E-state index contributed by atoms with van der Waals surface area (Å²) in [5, 5.41) is 7.48. The summed E-state index contributed by atoms with van der Waals surface area (Å²) in [5.41, 5.74) is 0.865. The van der Waals surface area contributed by atoms with E-state index >= 15 is 0 Å². The molecule has 0 saturated heterocycles. The molecule has 1 N–H and O–H groups in total. The van der Waals surface area contributed by atoms with Crippen molar-refractivity contribution in [2.24, 2.45) is 0 Å². The third-order valence-electron chi connectivity index (χ3n) is 2.58. The van der Waals surface area contributed by atoms with Gasteiger partial charge in [-0.15, -0.1) is 0 Å². The third kappa shape index (κ3) is 4.42. The maximum Gasteiger partial charge on any atom is 0.164 e. The molecule has 0 radical (unpaired) electrons. The molecule has 19 heavy (non-hydrogen) atoms. The van der Waals surface area contributed by atoms with Gasteiger partial charge in [-0.2, -0.15) is 5.10 Å². The highest BCUT2D eigenvalue weighted by molar-refractivity contribution is 5.16. The molecule has 1 heterocycles. The molecule has 2 aromatic rings. The average Bonchev–Trinajstić information content (AvgIpc) is 2.82. The van der Waals surface area contributed by atoms with Crippen molar-refractivity contribution >= 4 is 0 Å². The second-order valence-corrected chi connectivity index (χ2v) is 4.16. The molecule has 0 spiro atoms. The quantitative estimate of drug-likeness (QED) is 0.764. The van der Waals surface area contributed by atoms with E-state index in [9.17, 15) is 4.39 Å². The van der Waals surface area contributed by atoms with Gasteiger partial charge in [0.25, 0.3) is 0 Å². The number of hydrogen-bond acceptors (Lipinski definition) is 4. The summed E-state index contributed by atoms with van der Waals surface area (Å²) in [7, 11) is 1.66. The lowest BCUT2D eigenvalue weighted by atomic mass is 10.2. The van der Waals surface area contributed by atoms with Crippen molar-refractivity contribution in [3.05, 3.63) is 47.8 Å². The van der Waals surface area contributed by atoms with E-state index < -0.39 is 0 Å². The van der Waals surface area contributed by atoms with Crippen molar-refractivity contribution in [3.8, 4) is 0 Å². The van der Waals surface area contributed by atoms with Gasteiger partial charge in [-0.3, -0.25) is 0 Å². The first-order chi connectivity index (χ1) is 9.28. The van der Waals surface area contributed by atoms with Gasteiger partial charge in [-0.25, -0.2) is 14.1 Å². The fourth-order valence-electron chi connectivity index (χ4n) is 1.69. The molecule has 102 valence electrons. The molecule has 0 aliphatic rings. The highest BCUT2D eigenvalue weighted by Gasteiger charge is 2.02. The van der Waals surface area contributed by atoms with Crippen molar-refractivity contribution in [2.75, 3.05) is 20.3 Å². The summed E-state index contributed by atoms with van der Waals surface area (Å²) >= 11 is 0. The maximum absolute atomic E-state index is 13.0. The van der Waals surface area contributed by atoms with Gasteiger partial charge in [0, 0.05) is 13.7 Å². The first kappa shape index (κ1) is 13.6. The number of rotatable bonds is 7. The van der Waals surface area contributed by atoms with Gasteiger partial charge >= 0.3 is 0 Å². The number of ether oxygens (including phenoxy) is 1. The van der Waals surface area contributed by atoms with Crippen LogP contribution in [0.5, 0.6) is 0 Å². The normalized spacial score (nSPS) is 10.8. The second kappa shape index (κ2) is 6.96. The highest BCUT2D eigenvalue weighted by atomic mass is 19.1. The van der Waals surface area contributed by atoms with Gasteiger partial charge < -0.3 is 10.1 Å². The first-order valence-corrected chi connectivity index (χ1v) is 6.10. The van der Waals surface area contributed by atoms with Crippen LogP contribution < -0.4 is 5.32 Å². The average molecular weight is 264 g/mol. The lowest BCUT2D eigenvalue weighted by molar-refractivity contribution is 0.199. The summed E-state index contributed by atoms with van der Waals surface area (Å²) in [5.74, 6) is 0.478. The van der Waals surface area contributed by atoms with Crippen LogP contribution in [0.25, 0.3) is 0 Å². The van der Waals surface area contributed by atoms with Gasteiger partial charge in [0.2, 0.25) is 0 Å². The molecule has 0 fully saturated rings. The molecule has 0 amide bonds. The zero-order valence-electron chi connectivity index (χ0n) is 10.8. The zero-order chi connectivity index (χ0) is 13.5. The molecule has 5 nitrogen and oxygen atoms in total. The summed E-state index contributed by atoms with van der Waals surface area (Å²) in [6.45, 7) is 2.53. The summed E-state index contributed by atoms with van der Waals surface area (Å²) in [6.07, 6.45) is 1.65. The Hall–Kier alpha value is -1.79. The molecule has 0 atom stereocenters. The van der Waals surface area contributed by atoms with E-state index in [4.69, 9.17) is 4.74 Å². The largest absolute Gasteiger partial charge is 0.383 e. The molecule has 0 aliphatic carbocycles. The van der Waals surface area contributed by atoms with Crippen molar-refractivity contribution in [1.29, 1.82) is 0 Å². The number of hydrogen-bond donors (Lipinski definition) is 1. The molecule has 0 saturated carbocycles. The van der Waals surface area contributed by atoms with Crippen molar-refractivity contribution in [3.63, 3.8) is 0 Å². The van der Waals surface area contributed by atoms with Gasteiger partial charge in [0.15, 0.2) is 5.82 Å². The summed E-state index contributed by atoms with van der Waals surface area (Å²) in [6, 6.07) is 6.48. The molecule has 2 rings (SSSR count). The van der Waals surface area contributed by atoms with Crippen LogP contribution in [-0.2, 0) is 17.8 Å². The molecule has 1 aromatic carbocycles. The third-order valence-corrected chi connectivity index (χ3v) is 2.58. The van der Waals surface area contributed by atoms with Crippen LogP contribution in [-0.4, -0.2) is 35.0 Å². The smallest absolute Gasteiger partial charge is 0.164 e. The van der Waals surface area contributed by atoms with E-state index in [1.54, 1.807) is 24.2 Å². The van der Waals surface area contributed by atoms with Gasteiger partial charge in [-0.1, -0.05) is 12.1 Å². The number of aromatic nitrogens is 3. The Morgan fingerprint density at radius 2 is 2.32 bits per heavy atom. The van der Waals surface area contributed by atoms with E-state index in [0.29, 0.717) is 25.5 Å². The van der Waals surface area contributed by atoms with E-state index in [1.165, 1.54) is 12.1 Å². The predicted molar refractivity (Wildman–Crippen MR) is 69.1 cm³/mol. The molecule has 0 unspecified atom stereocenters. The van der Waals surface area contributed by atoms with Crippen LogP contribution >= 0.6 is 0 Å². The predicted octanol–water partition coefficient (Wildman–Crippen LogP) is 1.20. The van der Waals surface area contributed by atoms with Crippen LogP contribution in [0, 0.1) is 5.82 Å². The number of halogens is 1. The fourth-order valence-corrected chi connectivity index (χ4v) is 1.69. The number of nitrogens with zero attached hydrogens (tertiary/aromatic N) is 3. The SMILES string of the molecule is COCCNCc1ncn(Cc2cccc(F)c2)n1. The first-order valence-electron chi connectivity index (χ1n) is 6.10. The molecular formula is C13H17FN4O. The standard InChI is InChI=1S/C13H17FN4O/c1-19-6-5-15-8-13-16-10-18(17-13)9-11-3-2-4-12(14)7-11/h2-4,7,10,15H,5-6,8-9H2,1H3.